The number of rotatable bonds is 4. The number of pyridine rings is 1. The molecule has 37 heavy (non-hydrogen) atoms. The monoisotopic (exact) mass is 499 g/mol. The summed E-state index contributed by atoms with van der Waals surface area (Å²) in [5.74, 6) is -0.390. The van der Waals surface area contributed by atoms with Crippen molar-refractivity contribution < 1.29 is 14.3 Å². The minimum Gasteiger partial charge on any atom is -0.407 e. The van der Waals surface area contributed by atoms with Crippen LogP contribution in [-0.4, -0.2) is 61.0 Å². The molecular weight excluding hydrogens is 474 g/mol. The Balaban J connectivity index is 1.44. The van der Waals surface area contributed by atoms with Gasteiger partial charge in [-0.15, -0.1) is 0 Å². The van der Waals surface area contributed by atoms with E-state index in [2.05, 4.69) is 20.3 Å². The van der Waals surface area contributed by atoms with Gasteiger partial charge >= 0.3 is 0 Å². The second-order valence-electron chi connectivity index (χ2n) is 8.34. The number of ether oxygens (including phenoxy) is 2. The Morgan fingerprint density at radius 3 is 2.57 bits per heavy atom. The number of hydrogen-bond acceptors (Lipinski definition) is 8. The van der Waals surface area contributed by atoms with Crippen molar-refractivity contribution in [1.29, 1.82) is 5.41 Å². The number of nitrogens with two attached hydrogens (primary N) is 1. The van der Waals surface area contributed by atoms with Crippen molar-refractivity contribution in [3.8, 4) is 0 Å². The van der Waals surface area contributed by atoms with Crippen molar-refractivity contribution in [1.82, 2.24) is 4.98 Å². The summed E-state index contributed by atoms with van der Waals surface area (Å²) in [4.78, 5) is 38.4. The highest BCUT2D eigenvalue weighted by atomic mass is 16.5. The molecule has 3 heterocycles. The first-order valence-electron chi connectivity index (χ1n) is 11.7. The normalized spacial score (nSPS) is 17.8. The third-order valence-corrected chi connectivity index (χ3v) is 5.90. The first-order chi connectivity index (χ1) is 18.0. The summed E-state index contributed by atoms with van der Waals surface area (Å²) >= 11 is 0. The van der Waals surface area contributed by atoms with Gasteiger partial charge in [0.2, 0.25) is 17.6 Å². The van der Waals surface area contributed by atoms with E-state index in [4.69, 9.17) is 20.6 Å². The van der Waals surface area contributed by atoms with Crippen LogP contribution in [0.5, 0.6) is 0 Å². The maximum Gasteiger partial charge on any atom is 0.291 e. The van der Waals surface area contributed by atoms with Gasteiger partial charge in [0.25, 0.3) is 11.9 Å². The maximum atomic E-state index is 13.0. The number of benzodiazepines with no additional fused rings is 1. The molecule has 188 valence electrons. The largest absolute Gasteiger partial charge is 0.407 e. The molecule has 11 nitrogen and oxygen atoms in total. The predicted octanol–water partition coefficient (Wildman–Crippen LogP) is 1.68. The van der Waals surface area contributed by atoms with Crippen molar-refractivity contribution in [2.75, 3.05) is 36.5 Å². The first kappa shape index (κ1) is 23.9. The van der Waals surface area contributed by atoms with Gasteiger partial charge in [0.1, 0.15) is 5.82 Å². The summed E-state index contributed by atoms with van der Waals surface area (Å²) in [5, 5.41) is 11.3. The smallest absolute Gasteiger partial charge is 0.291 e. The molecule has 0 radical (unpaired) electrons. The number of aliphatic imine (C=N–C) groups is 2. The highest BCUT2D eigenvalue weighted by Gasteiger charge is 2.26. The maximum absolute atomic E-state index is 13.0. The van der Waals surface area contributed by atoms with Gasteiger partial charge in [-0.05, 0) is 12.1 Å². The fraction of sp³-hybridized carbons (Fsp3) is 0.192. The van der Waals surface area contributed by atoms with Crippen molar-refractivity contribution in [3.05, 3.63) is 93.8 Å². The van der Waals surface area contributed by atoms with E-state index in [1.165, 1.54) is 12.1 Å². The lowest BCUT2D eigenvalue weighted by Gasteiger charge is -2.29. The van der Waals surface area contributed by atoms with Gasteiger partial charge in [0.05, 0.1) is 30.2 Å². The van der Waals surface area contributed by atoms with E-state index in [-0.39, 0.29) is 11.5 Å². The van der Waals surface area contributed by atoms with Crippen LogP contribution < -0.4 is 21.5 Å². The summed E-state index contributed by atoms with van der Waals surface area (Å²) in [5.41, 5.74) is 8.78. The Morgan fingerprint density at radius 2 is 1.78 bits per heavy atom. The number of carbonyl (C=O) groups is 1. The van der Waals surface area contributed by atoms with E-state index in [1.54, 1.807) is 6.07 Å². The highest BCUT2D eigenvalue weighted by Crippen LogP contribution is 2.24. The van der Waals surface area contributed by atoms with Crippen LogP contribution in [0.1, 0.15) is 16.7 Å². The molecule has 1 amide bonds. The number of H-pyrrole nitrogens is 1. The molecule has 2 aliphatic heterocycles. The summed E-state index contributed by atoms with van der Waals surface area (Å²) in [6, 6.07) is 19.2. The molecule has 1 saturated heterocycles. The average Bonchev–Trinajstić information content (AvgIpc) is 3.05. The fourth-order valence-electron chi connectivity index (χ4n) is 4.15. The van der Waals surface area contributed by atoms with Crippen molar-refractivity contribution >= 4 is 35.0 Å². The Bertz CT molecular complexity index is 1440. The fourth-order valence-corrected chi connectivity index (χ4v) is 4.15. The van der Waals surface area contributed by atoms with Crippen LogP contribution in [0.15, 0.2) is 81.5 Å². The second kappa shape index (κ2) is 10.5. The van der Waals surface area contributed by atoms with E-state index >= 15 is 0 Å². The molecular formula is C26H25N7O4. The lowest BCUT2D eigenvalue weighted by atomic mass is 10.0. The predicted molar refractivity (Wildman–Crippen MR) is 141 cm³/mol. The van der Waals surface area contributed by atoms with E-state index < -0.39 is 18.1 Å². The molecule has 0 aliphatic carbocycles. The Hall–Kier alpha value is -4.77. The zero-order chi connectivity index (χ0) is 25.8. The average molecular weight is 500 g/mol. The third-order valence-electron chi connectivity index (χ3n) is 5.90. The number of benzene rings is 2. The molecule has 1 unspecified atom stereocenters. The molecule has 0 bridgehead atoms. The molecule has 11 heteroatoms. The van der Waals surface area contributed by atoms with E-state index in [9.17, 15) is 9.59 Å². The summed E-state index contributed by atoms with van der Waals surface area (Å²) in [6.45, 7) is 2.08. The van der Waals surface area contributed by atoms with Crippen LogP contribution in [-0.2, 0) is 14.3 Å². The molecule has 5 rings (SSSR count). The minimum atomic E-state index is -1.25. The molecule has 1 fully saturated rings. The van der Waals surface area contributed by atoms with Crippen LogP contribution in [0, 0.1) is 5.41 Å². The zero-order valence-electron chi connectivity index (χ0n) is 19.8. The number of morpholine rings is 1. The van der Waals surface area contributed by atoms with Gasteiger partial charge in [-0.25, -0.2) is 4.99 Å². The molecule has 2 aromatic carbocycles. The molecule has 0 spiro atoms. The van der Waals surface area contributed by atoms with Crippen LogP contribution >= 0.6 is 0 Å². The van der Waals surface area contributed by atoms with Crippen LogP contribution in [0.3, 0.4) is 0 Å². The van der Waals surface area contributed by atoms with E-state index in [1.807, 2.05) is 53.4 Å². The minimum absolute atomic E-state index is 0.308. The molecule has 1 atom stereocenters. The Morgan fingerprint density at radius 1 is 1.05 bits per heavy atom. The van der Waals surface area contributed by atoms with Crippen LogP contribution in [0.2, 0.25) is 0 Å². The van der Waals surface area contributed by atoms with Gasteiger partial charge in [-0.2, -0.15) is 4.99 Å². The lowest BCUT2D eigenvalue weighted by Crippen LogP contribution is -2.39. The summed E-state index contributed by atoms with van der Waals surface area (Å²) in [6.07, 6.45) is -1.25. The van der Waals surface area contributed by atoms with Crippen LogP contribution in [0.25, 0.3) is 0 Å². The quantitative estimate of drug-likeness (QED) is 0.316. The molecule has 1 aromatic heterocycles. The zero-order valence-corrected chi connectivity index (χ0v) is 19.8. The van der Waals surface area contributed by atoms with Gasteiger partial charge in [0.15, 0.2) is 0 Å². The van der Waals surface area contributed by atoms with Gasteiger partial charge in [-0.1, -0.05) is 48.5 Å². The van der Waals surface area contributed by atoms with Crippen LogP contribution in [0.4, 0.5) is 11.5 Å². The summed E-state index contributed by atoms with van der Waals surface area (Å²) < 4.78 is 10.9. The number of nitrogens with zero attached hydrogens (tertiary/aromatic N) is 3. The van der Waals surface area contributed by atoms with Gasteiger partial charge in [0, 0.05) is 30.3 Å². The SMILES string of the molecule is N=C(O/C(N)=N/C1N=C(c2ccccc2)c2ccccc2NC1=O)c1ccc(=O)[nH]c1N1CCOCC1. The topological polar surface area (TPSA) is 158 Å². The number of aromatic nitrogens is 1. The second-order valence-corrected chi connectivity index (χ2v) is 8.34. The molecule has 0 saturated carbocycles. The standard InChI is InChI=1S/C26H25N7O4/c27-22(18-10-11-20(34)30-24(18)33-12-14-36-15-13-33)37-26(28)32-23-25(35)29-19-9-5-4-8-17(19)21(31-23)16-6-2-1-3-7-16/h1-11,23,27H,12-15H2,(H2,28,32)(H,29,35)(H,30,34). The number of anilines is 2. The number of nitrogens with one attached hydrogen (secondary N) is 3. The molecule has 5 N–H and O–H groups in total. The number of para-hydroxylation sites is 1. The van der Waals surface area contributed by atoms with E-state index in [0.29, 0.717) is 49.1 Å². The number of amidine groups is 1. The summed E-state index contributed by atoms with van der Waals surface area (Å²) in [7, 11) is 0. The number of carbonyl (C=O) groups excluding carboxylic acids is 1. The van der Waals surface area contributed by atoms with Crippen molar-refractivity contribution in [2.45, 2.75) is 6.17 Å². The van der Waals surface area contributed by atoms with Gasteiger partial charge < -0.3 is 30.4 Å². The third kappa shape index (κ3) is 5.26. The number of amides is 1. The van der Waals surface area contributed by atoms with Crippen molar-refractivity contribution in [2.24, 2.45) is 15.7 Å². The van der Waals surface area contributed by atoms with Gasteiger partial charge in [-0.3, -0.25) is 15.0 Å². The van der Waals surface area contributed by atoms with E-state index in [0.717, 1.165) is 11.1 Å². The number of hydrogen-bond donors (Lipinski definition) is 4. The Labute approximate surface area is 212 Å². The highest BCUT2D eigenvalue weighted by molar-refractivity contribution is 6.19. The number of fused-ring (bicyclic) bond motifs is 1. The first-order valence-corrected chi connectivity index (χ1v) is 11.7. The lowest BCUT2D eigenvalue weighted by molar-refractivity contribution is -0.117. The van der Waals surface area contributed by atoms with Crippen molar-refractivity contribution in [3.63, 3.8) is 0 Å². The molecule has 2 aliphatic rings. The molecule has 3 aromatic rings. The Kier molecular flexibility index (Phi) is 6.77. The number of aromatic amines is 1.